The van der Waals surface area contributed by atoms with Crippen LogP contribution in [0.1, 0.15) is 40.0 Å². The predicted molar refractivity (Wildman–Crippen MR) is 97.3 cm³/mol. The van der Waals surface area contributed by atoms with Crippen molar-refractivity contribution in [2.75, 3.05) is 6.61 Å². The SMILES string of the molecule is Cc1cccc(C(C)NC(=O)C(CO)NC(=O)c2ccccc2)c1C. The first-order valence-corrected chi connectivity index (χ1v) is 8.27. The molecule has 2 rings (SSSR count). The first-order valence-electron chi connectivity index (χ1n) is 8.27. The highest BCUT2D eigenvalue weighted by Gasteiger charge is 2.22. The largest absolute Gasteiger partial charge is 0.394 e. The van der Waals surface area contributed by atoms with E-state index in [0.717, 1.165) is 16.7 Å². The number of nitrogens with one attached hydrogen (secondary N) is 2. The van der Waals surface area contributed by atoms with Crippen LogP contribution in [0.2, 0.25) is 0 Å². The molecule has 0 bridgehead atoms. The van der Waals surface area contributed by atoms with Gasteiger partial charge < -0.3 is 15.7 Å². The van der Waals surface area contributed by atoms with E-state index >= 15 is 0 Å². The molecule has 0 heterocycles. The zero-order valence-electron chi connectivity index (χ0n) is 14.7. The molecule has 25 heavy (non-hydrogen) atoms. The molecule has 2 amide bonds. The molecule has 132 valence electrons. The van der Waals surface area contributed by atoms with E-state index in [-0.39, 0.29) is 6.04 Å². The van der Waals surface area contributed by atoms with E-state index in [2.05, 4.69) is 10.6 Å². The van der Waals surface area contributed by atoms with E-state index in [4.69, 9.17) is 0 Å². The molecular weight excluding hydrogens is 316 g/mol. The summed E-state index contributed by atoms with van der Waals surface area (Å²) in [6, 6.07) is 13.3. The van der Waals surface area contributed by atoms with Crippen LogP contribution in [0.15, 0.2) is 48.5 Å². The Hall–Kier alpha value is -2.66. The summed E-state index contributed by atoms with van der Waals surface area (Å²) in [5.41, 5.74) is 3.72. The molecule has 0 saturated heterocycles. The maximum Gasteiger partial charge on any atom is 0.251 e. The summed E-state index contributed by atoms with van der Waals surface area (Å²) in [4.78, 5) is 24.6. The Labute approximate surface area is 148 Å². The molecule has 5 nitrogen and oxygen atoms in total. The molecule has 0 radical (unpaired) electrons. The number of rotatable bonds is 6. The highest BCUT2D eigenvalue weighted by atomic mass is 16.3. The zero-order valence-corrected chi connectivity index (χ0v) is 14.7. The van der Waals surface area contributed by atoms with Gasteiger partial charge >= 0.3 is 0 Å². The third kappa shape index (κ3) is 4.67. The molecule has 2 aromatic rings. The molecule has 2 aromatic carbocycles. The van der Waals surface area contributed by atoms with E-state index < -0.39 is 24.5 Å². The second-order valence-electron chi connectivity index (χ2n) is 6.09. The summed E-state index contributed by atoms with van der Waals surface area (Å²) < 4.78 is 0. The summed E-state index contributed by atoms with van der Waals surface area (Å²) in [6.07, 6.45) is 0. The number of carbonyl (C=O) groups is 2. The molecule has 0 aliphatic rings. The van der Waals surface area contributed by atoms with Crippen molar-refractivity contribution in [2.24, 2.45) is 0 Å². The minimum Gasteiger partial charge on any atom is -0.394 e. The van der Waals surface area contributed by atoms with Gasteiger partial charge in [-0.25, -0.2) is 0 Å². The van der Waals surface area contributed by atoms with Crippen molar-refractivity contribution < 1.29 is 14.7 Å². The lowest BCUT2D eigenvalue weighted by Gasteiger charge is -2.22. The number of carbonyl (C=O) groups excluding carboxylic acids is 2. The molecule has 0 fully saturated rings. The Morgan fingerprint density at radius 2 is 1.68 bits per heavy atom. The van der Waals surface area contributed by atoms with E-state index in [0.29, 0.717) is 5.56 Å². The molecule has 0 aliphatic carbocycles. The Bertz CT molecular complexity index is 744. The van der Waals surface area contributed by atoms with Crippen molar-refractivity contribution in [3.63, 3.8) is 0 Å². The third-order valence-electron chi connectivity index (χ3n) is 4.31. The summed E-state index contributed by atoms with van der Waals surface area (Å²) in [7, 11) is 0. The quantitative estimate of drug-likeness (QED) is 0.755. The fourth-order valence-electron chi connectivity index (χ4n) is 2.66. The average Bonchev–Trinajstić information content (AvgIpc) is 2.62. The van der Waals surface area contributed by atoms with Crippen LogP contribution in [0.3, 0.4) is 0 Å². The van der Waals surface area contributed by atoms with E-state index in [1.165, 1.54) is 0 Å². The van der Waals surface area contributed by atoms with Gasteiger partial charge in [-0.05, 0) is 49.6 Å². The van der Waals surface area contributed by atoms with E-state index in [1.54, 1.807) is 30.3 Å². The van der Waals surface area contributed by atoms with Crippen molar-refractivity contribution in [3.8, 4) is 0 Å². The highest BCUT2D eigenvalue weighted by Crippen LogP contribution is 2.20. The van der Waals surface area contributed by atoms with Crippen molar-refractivity contribution in [3.05, 3.63) is 70.8 Å². The van der Waals surface area contributed by atoms with Crippen LogP contribution in [0.5, 0.6) is 0 Å². The Morgan fingerprint density at radius 1 is 1.00 bits per heavy atom. The minimum atomic E-state index is -1.000. The maximum absolute atomic E-state index is 12.4. The molecule has 2 unspecified atom stereocenters. The zero-order chi connectivity index (χ0) is 18.4. The van der Waals surface area contributed by atoms with Gasteiger partial charge in [0.05, 0.1) is 12.6 Å². The normalized spacial score (nSPS) is 13.0. The van der Waals surface area contributed by atoms with Gasteiger partial charge in [-0.1, -0.05) is 36.4 Å². The topological polar surface area (TPSA) is 78.4 Å². The van der Waals surface area contributed by atoms with Gasteiger partial charge in [0, 0.05) is 5.56 Å². The summed E-state index contributed by atoms with van der Waals surface area (Å²) in [5, 5.41) is 14.9. The van der Waals surface area contributed by atoms with Crippen LogP contribution < -0.4 is 10.6 Å². The Morgan fingerprint density at radius 3 is 2.32 bits per heavy atom. The van der Waals surface area contributed by atoms with Crippen molar-refractivity contribution in [2.45, 2.75) is 32.9 Å². The summed E-state index contributed by atoms with van der Waals surface area (Å²) in [6.45, 7) is 5.44. The van der Waals surface area contributed by atoms with Gasteiger partial charge in [0.1, 0.15) is 6.04 Å². The van der Waals surface area contributed by atoms with Crippen LogP contribution in [0.25, 0.3) is 0 Å². The molecule has 0 aliphatic heterocycles. The number of aliphatic hydroxyl groups excluding tert-OH is 1. The number of amides is 2. The molecule has 0 aromatic heterocycles. The van der Waals surface area contributed by atoms with Gasteiger partial charge in [0.15, 0.2) is 0 Å². The van der Waals surface area contributed by atoms with Gasteiger partial charge in [0.2, 0.25) is 5.91 Å². The number of aryl methyl sites for hydroxylation is 1. The fraction of sp³-hybridized carbons (Fsp3) is 0.300. The smallest absolute Gasteiger partial charge is 0.251 e. The van der Waals surface area contributed by atoms with Gasteiger partial charge in [-0.3, -0.25) is 9.59 Å². The number of hydrogen-bond donors (Lipinski definition) is 3. The average molecular weight is 340 g/mol. The molecule has 5 heteroatoms. The predicted octanol–water partition coefficient (Wildman–Crippen LogP) is 2.27. The third-order valence-corrected chi connectivity index (χ3v) is 4.31. The molecule has 3 N–H and O–H groups in total. The standard InChI is InChI=1S/C20H24N2O3/c1-13-8-7-11-17(14(13)2)15(3)21-20(25)18(12-23)22-19(24)16-9-5-4-6-10-16/h4-11,15,18,23H,12H2,1-3H3,(H,21,25)(H,22,24). The lowest BCUT2D eigenvalue weighted by molar-refractivity contribution is -0.124. The van der Waals surface area contributed by atoms with Crippen LogP contribution in [-0.2, 0) is 4.79 Å². The summed E-state index contributed by atoms with van der Waals surface area (Å²) in [5.74, 6) is -0.811. The van der Waals surface area contributed by atoms with Crippen molar-refractivity contribution in [1.29, 1.82) is 0 Å². The Balaban J connectivity index is 2.04. The van der Waals surface area contributed by atoms with Crippen LogP contribution in [0, 0.1) is 13.8 Å². The molecule has 0 spiro atoms. The van der Waals surface area contributed by atoms with Crippen molar-refractivity contribution in [1.82, 2.24) is 10.6 Å². The lowest BCUT2D eigenvalue weighted by Crippen LogP contribution is -2.49. The van der Waals surface area contributed by atoms with Crippen molar-refractivity contribution >= 4 is 11.8 Å². The number of benzene rings is 2. The van der Waals surface area contributed by atoms with E-state index in [9.17, 15) is 14.7 Å². The number of aliphatic hydroxyl groups is 1. The maximum atomic E-state index is 12.4. The highest BCUT2D eigenvalue weighted by molar-refractivity contribution is 5.97. The van der Waals surface area contributed by atoms with Gasteiger partial charge in [-0.2, -0.15) is 0 Å². The summed E-state index contributed by atoms with van der Waals surface area (Å²) >= 11 is 0. The number of hydrogen-bond acceptors (Lipinski definition) is 3. The van der Waals surface area contributed by atoms with Crippen LogP contribution in [-0.4, -0.2) is 29.6 Å². The lowest BCUT2D eigenvalue weighted by atomic mass is 9.98. The van der Waals surface area contributed by atoms with Gasteiger partial charge in [-0.15, -0.1) is 0 Å². The fourth-order valence-corrected chi connectivity index (χ4v) is 2.66. The van der Waals surface area contributed by atoms with Crippen LogP contribution >= 0.6 is 0 Å². The molecule has 0 saturated carbocycles. The first-order chi connectivity index (χ1) is 11.9. The second kappa shape index (κ2) is 8.44. The minimum absolute atomic E-state index is 0.227. The van der Waals surface area contributed by atoms with E-state index in [1.807, 2.05) is 39.0 Å². The molecule has 2 atom stereocenters. The van der Waals surface area contributed by atoms with Gasteiger partial charge in [0.25, 0.3) is 5.91 Å². The first kappa shape index (κ1) is 18.7. The molecular formula is C20H24N2O3. The van der Waals surface area contributed by atoms with Crippen LogP contribution in [0.4, 0.5) is 0 Å². The monoisotopic (exact) mass is 340 g/mol. The second-order valence-corrected chi connectivity index (χ2v) is 6.09. The Kier molecular flexibility index (Phi) is 6.31.